The minimum atomic E-state index is 0.764. The van der Waals surface area contributed by atoms with Gasteiger partial charge in [-0.05, 0) is 24.1 Å². The van der Waals surface area contributed by atoms with Crippen LogP contribution in [0.4, 0.5) is 11.4 Å². The van der Waals surface area contributed by atoms with Crippen LogP contribution in [0, 0.1) is 0 Å². The van der Waals surface area contributed by atoms with Crippen LogP contribution in [0.1, 0.15) is 31.7 Å². The molecule has 0 saturated heterocycles. The summed E-state index contributed by atoms with van der Waals surface area (Å²) < 4.78 is 0. The van der Waals surface area contributed by atoms with Gasteiger partial charge in [-0.3, -0.25) is 0 Å². The van der Waals surface area contributed by atoms with Crippen LogP contribution in [0.2, 0.25) is 0 Å². The van der Waals surface area contributed by atoms with Crippen LogP contribution in [-0.4, -0.2) is 13.1 Å². The van der Waals surface area contributed by atoms with Crippen molar-refractivity contribution in [3.05, 3.63) is 43.0 Å². The fourth-order valence-electron chi connectivity index (χ4n) is 1.79. The van der Waals surface area contributed by atoms with E-state index in [2.05, 4.69) is 48.9 Å². The van der Waals surface area contributed by atoms with Crippen molar-refractivity contribution in [1.29, 1.82) is 0 Å². The first-order valence-electron chi connectivity index (χ1n) is 6.67. The smallest absolute Gasteiger partial charge is 0.0436 e. The third-order valence-corrected chi connectivity index (χ3v) is 2.82. The van der Waals surface area contributed by atoms with Gasteiger partial charge in [0.15, 0.2) is 0 Å². The van der Waals surface area contributed by atoms with Crippen molar-refractivity contribution in [1.82, 2.24) is 0 Å². The summed E-state index contributed by atoms with van der Waals surface area (Å²) >= 11 is 0. The molecule has 0 radical (unpaired) electrons. The normalized spacial score (nSPS) is 9.83. The monoisotopic (exact) mass is 244 g/mol. The molecule has 18 heavy (non-hydrogen) atoms. The van der Waals surface area contributed by atoms with Gasteiger partial charge in [-0.2, -0.15) is 0 Å². The highest BCUT2D eigenvalue weighted by Crippen LogP contribution is 2.22. The third kappa shape index (κ3) is 4.66. The van der Waals surface area contributed by atoms with Crippen LogP contribution in [0.3, 0.4) is 0 Å². The molecule has 0 spiro atoms. The van der Waals surface area contributed by atoms with Crippen LogP contribution < -0.4 is 10.6 Å². The molecule has 0 amide bonds. The maximum atomic E-state index is 3.83. The van der Waals surface area contributed by atoms with Crippen LogP contribution in [0.15, 0.2) is 37.4 Å². The molecule has 98 valence electrons. The molecule has 0 unspecified atom stereocenters. The van der Waals surface area contributed by atoms with Crippen molar-refractivity contribution in [2.75, 3.05) is 23.7 Å². The molecular weight excluding hydrogens is 220 g/mol. The summed E-state index contributed by atoms with van der Waals surface area (Å²) in [5, 5.41) is 6.77. The quantitative estimate of drug-likeness (QED) is 0.492. The van der Waals surface area contributed by atoms with E-state index in [1.165, 1.54) is 19.3 Å². The van der Waals surface area contributed by atoms with Crippen LogP contribution in [0.5, 0.6) is 0 Å². The molecule has 0 aliphatic rings. The largest absolute Gasteiger partial charge is 0.385 e. The van der Waals surface area contributed by atoms with E-state index in [-0.39, 0.29) is 0 Å². The van der Waals surface area contributed by atoms with E-state index in [0.717, 1.165) is 30.0 Å². The molecule has 0 aliphatic carbocycles. The van der Waals surface area contributed by atoms with Gasteiger partial charge < -0.3 is 10.6 Å². The molecule has 0 aromatic heterocycles. The highest BCUT2D eigenvalue weighted by Gasteiger charge is 2.00. The first-order chi connectivity index (χ1) is 8.81. The molecule has 0 heterocycles. The van der Waals surface area contributed by atoms with Crippen LogP contribution in [-0.2, 0) is 0 Å². The van der Waals surface area contributed by atoms with Gasteiger partial charge >= 0.3 is 0 Å². The summed E-state index contributed by atoms with van der Waals surface area (Å²) in [5.74, 6) is 0. The number of anilines is 2. The number of hydrogen-bond acceptors (Lipinski definition) is 2. The number of rotatable bonds is 9. The first kappa shape index (κ1) is 14.4. The highest BCUT2D eigenvalue weighted by atomic mass is 14.9. The van der Waals surface area contributed by atoms with Gasteiger partial charge in [0.1, 0.15) is 0 Å². The molecule has 2 heteroatoms. The molecule has 0 saturated carbocycles. The first-order valence-corrected chi connectivity index (χ1v) is 6.67. The summed E-state index contributed by atoms with van der Waals surface area (Å²) in [6.07, 6.45) is 7.47. The summed E-state index contributed by atoms with van der Waals surface area (Å²) in [7, 11) is 0. The van der Waals surface area contributed by atoms with Crippen molar-refractivity contribution in [2.45, 2.75) is 26.2 Å². The SMILES string of the molecule is C=CCNc1cc(NCCCCC)ccc1C=C. The van der Waals surface area contributed by atoms with Gasteiger partial charge in [0, 0.05) is 24.5 Å². The highest BCUT2D eigenvalue weighted by molar-refractivity contribution is 5.70. The lowest BCUT2D eigenvalue weighted by Gasteiger charge is -2.12. The molecule has 2 nitrogen and oxygen atoms in total. The summed E-state index contributed by atoms with van der Waals surface area (Å²) in [6.45, 7) is 11.6. The zero-order chi connectivity index (χ0) is 13.2. The van der Waals surface area contributed by atoms with Crippen molar-refractivity contribution >= 4 is 17.5 Å². The zero-order valence-electron chi connectivity index (χ0n) is 11.3. The summed E-state index contributed by atoms with van der Waals surface area (Å²) in [6, 6.07) is 6.31. The maximum Gasteiger partial charge on any atom is 0.0436 e. The fourth-order valence-corrected chi connectivity index (χ4v) is 1.79. The van der Waals surface area contributed by atoms with E-state index in [1.54, 1.807) is 0 Å². The Bertz CT molecular complexity index is 383. The molecule has 1 aromatic rings. The van der Waals surface area contributed by atoms with E-state index < -0.39 is 0 Å². The van der Waals surface area contributed by atoms with Crippen molar-refractivity contribution in [3.63, 3.8) is 0 Å². The lowest BCUT2D eigenvalue weighted by molar-refractivity contribution is 0.744. The number of unbranched alkanes of at least 4 members (excludes halogenated alkanes) is 2. The predicted molar refractivity (Wildman–Crippen MR) is 83.2 cm³/mol. The second-order valence-corrected chi connectivity index (χ2v) is 4.31. The lowest BCUT2D eigenvalue weighted by atomic mass is 10.1. The topological polar surface area (TPSA) is 24.1 Å². The summed E-state index contributed by atoms with van der Waals surface area (Å²) in [5.41, 5.74) is 3.38. The Balaban J connectivity index is 2.63. The predicted octanol–water partition coefficient (Wildman–Crippen LogP) is 4.53. The zero-order valence-corrected chi connectivity index (χ0v) is 11.3. The standard InChI is InChI=1S/C16H24N2/c1-4-7-8-12-17-15-10-9-14(6-3)16(13-15)18-11-5-2/h5-6,9-10,13,17-18H,2-4,7-8,11-12H2,1H3. The Labute approximate surface area is 111 Å². The van der Waals surface area contributed by atoms with Gasteiger partial charge in [0.2, 0.25) is 0 Å². The van der Waals surface area contributed by atoms with Crippen molar-refractivity contribution < 1.29 is 0 Å². The molecule has 0 aliphatic heterocycles. The number of hydrogen-bond donors (Lipinski definition) is 2. The van der Waals surface area contributed by atoms with Gasteiger partial charge in [-0.15, -0.1) is 6.58 Å². The molecular formula is C16H24N2. The molecule has 1 aromatic carbocycles. The summed E-state index contributed by atoms with van der Waals surface area (Å²) in [4.78, 5) is 0. The lowest BCUT2D eigenvalue weighted by Crippen LogP contribution is -2.04. The third-order valence-electron chi connectivity index (χ3n) is 2.82. The molecule has 1 rings (SSSR count). The van der Waals surface area contributed by atoms with Crippen LogP contribution in [0.25, 0.3) is 6.08 Å². The van der Waals surface area contributed by atoms with E-state index in [4.69, 9.17) is 0 Å². The molecule has 2 N–H and O–H groups in total. The van der Waals surface area contributed by atoms with Crippen LogP contribution >= 0.6 is 0 Å². The van der Waals surface area contributed by atoms with Crippen molar-refractivity contribution in [2.24, 2.45) is 0 Å². The average molecular weight is 244 g/mol. The molecule has 0 atom stereocenters. The Morgan fingerprint density at radius 2 is 2.00 bits per heavy atom. The second-order valence-electron chi connectivity index (χ2n) is 4.31. The second kappa shape index (κ2) is 8.40. The van der Waals surface area contributed by atoms with E-state index in [9.17, 15) is 0 Å². The minimum absolute atomic E-state index is 0.764. The number of nitrogens with one attached hydrogen (secondary N) is 2. The van der Waals surface area contributed by atoms with Gasteiger partial charge in [0.25, 0.3) is 0 Å². The Kier molecular flexibility index (Phi) is 6.70. The van der Waals surface area contributed by atoms with E-state index >= 15 is 0 Å². The minimum Gasteiger partial charge on any atom is -0.385 e. The van der Waals surface area contributed by atoms with E-state index in [0.29, 0.717) is 0 Å². The Morgan fingerprint density at radius 1 is 1.17 bits per heavy atom. The van der Waals surface area contributed by atoms with E-state index in [1.807, 2.05) is 12.2 Å². The Hall–Kier alpha value is -1.70. The van der Waals surface area contributed by atoms with Gasteiger partial charge in [-0.25, -0.2) is 0 Å². The maximum absolute atomic E-state index is 3.83. The van der Waals surface area contributed by atoms with Crippen molar-refractivity contribution in [3.8, 4) is 0 Å². The number of benzene rings is 1. The fraction of sp³-hybridized carbons (Fsp3) is 0.375. The molecule has 0 bridgehead atoms. The van der Waals surface area contributed by atoms with Gasteiger partial charge in [-0.1, -0.05) is 44.6 Å². The van der Waals surface area contributed by atoms with Gasteiger partial charge in [0.05, 0.1) is 0 Å². The average Bonchev–Trinajstić information content (AvgIpc) is 2.41. The Morgan fingerprint density at radius 3 is 2.67 bits per heavy atom. The molecule has 0 fully saturated rings.